The van der Waals surface area contributed by atoms with Gasteiger partial charge in [0.15, 0.2) is 11.5 Å². The van der Waals surface area contributed by atoms with Gasteiger partial charge in [-0.05, 0) is 48.7 Å². The highest BCUT2D eigenvalue weighted by Crippen LogP contribution is 2.39. The third kappa shape index (κ3) is 4.21. The fraction of sp³-hybridized carbons (Fsp3) is 0.458. The van der Waals surface area contributed by atoms with Crippen molar-refractivity contribution in [1.82, 2.24) is 9.21 Å². The molecule has 9 nitrogen and oxygen atoms in total. The number of carbonyl (C=O) groups is 1. The standard InChI is InChI=1S/C24H28N2O7S/c1-30-21-7-5-18(16-23(21)34(28,29)25-9-11-31-12-10-25)24(27)26-8-2-3-19(26)17-4-6-20-22(15-17)33-14-13-32-20/h4-7,15-16,19H,2-3,8-14H2,1H3. The normalized spacial score (nSPS) is 20.9. The molecule has 3 heterocycles. The van der Waals surface area contributed by atoms with Crippen molar-refractivity contribution in [3.05, 3.63) is 47.5 Å². The lowest BCUT2D eigenvalue weighted by molar-refractivity contribution is 0.0726. The van der Waals surface area contributed by atoms with Gasteiger partial charge in [0.1, 0.15) is 23.9 Å². The number of rotatable bonds is 5. The van der Waals surface area contributed by atoms with E-state index in [9.17, 15) is 13.2 Å². The molecule has 2 saturated heterocycles. The summed E-state index contributed by atoms with van der Waals surface area (Å²) in [6.45, 7) is 2.82. The number of hydrogen-bond donors (Lipinski definition) is 0. The number of carbonyl (C=O) groups excluding carboxylic acids is 1. The molecule has 2 fully saturated rings. The average Bonchev–Trinajstić information content (AvgIpc) is 3.38. The van der Waals surface area contributed by atoms with E-state index in [4.69, 9.17) is 18.9 Å². The molecule has 2 aromatic rings. The quantitative estimate of drug-likeness (QED) is 0.638. The van der Waals surface area contributed by atoms with Crippen LogP contribution in [-0.4, -0.2) is 76.7 Å². The van der Waals surface area contributed by atoms with Gasteiger partial charge in [-0.1, -0.05) is 6.07 Å². The number of sulfonamides is 1. The summed E-state index contributed by atoms with van der Waals surface area (Å²) in [6, 6.07) is 10.3. The average molecular weight is 489 g/mol. The fourth-order valence-electron chi connectivity index (χ4n) is 4.73. The smallest absolute Gasteiger partial charge is 0.254 e. The van der Waals surface area contributed by atoms with E-state index in [1.807, 2.05) is 18.2 Å². The van der Waals surface area contributed by atoms with Gasteiger partial charge in [-0.3, -0.25) is 4.79 Å². The second-order valence-electron chi connectivity index (χ2n) is 8.44. The number of morpholine rings is 1. The van der Waals surface area contributed by atoms with E-state index in [2.05, 4.69) is 0 Å². The highest BCUT2D eigenvalue weighted by atomic mass is 32.2. The van der Waals surface area contributed by atoms with Crippen LogP contribution in [0.2, 0.25) is 0 Å². The van der Waals surface area contributed by atoms with Crippen LogP contribution in [0.25, 0.3) is 0 Å². The van der Waals surface area contributed by atoms with E-state index in [0.29, 0.717) is 50.0 Å². The molecule has 3 aliphatic heterocycles. The molecule has 1 amide bonds. The van der Waals surface area contributed by atoms with Crippen molar-refractivity contribution in [1.29, 1.82) is 0 Å². The fourth-order valence-corrected chi connectivity index (χ4v) is 6.32. The molecule has 0 spiro atoms. The Morgan fingerprint density at radius 1 is 0.971 bits per heavy atom. The van der Waals surface area contributed by atoms with E-state index in [0.717, 1.165) is 18.4 Å². The molecule has 1 unspecified atom stereocenters. The van der Waals surface area contributed by atoms with Crippen molar-refractivity contribution in [2.45, 2.75) is 23.8 Å². The van der Waals surface area contributed by atoms with Crippen LogP contribution in [0, 0.1) is 0 Å². The Hall–Kier alpha value is -2.82. The van der Waals surface area contributed by atoms with Gasteiger partial charge in [-0.25, -0.2) is 8.42 Å². The van der Waals surface area contributed by atoms with E-state index in [1.54, 1.807) is 17.0 Å². The van der Waals surface area contributed by atoms with Gasteiger partial charge in [-0.15, -0.1) is 0 Å². The summed E-state index contributed by atoms with van der Waals surface area (Å²) in [4.78, 5) is 15.4. The molecule has 0 aliphatic carbocycles. The Morgan fingerprint density at radius 3 is 2.50 bits per heavy atom. The second-order valence-corrected chi connectivity index (χ2v) is 10.3. The minimum atomic E-state index is -3.83. The van der Waals surface area contributed by atoms with Gasteiger partial charge in [0.05, 0.1) is 26.4 Å². The third-order valence-corrected chi connectivity index (χ3v) is 8.38. The molecule has 10 heteroatoms. The second kappa shape index (κ2) is 9.44. The maximum absolute atomic E-state index is 13.6. The van der Waals surface area contributed by atoms with Crippen molar-refractivity contribution in [2.75, 3.05) is 53.2 Å². The van der Waals surface area contributed by atoms with Gasteiger partial charge in [0.25, 0.3) is 5.91 Å². The van der Waals surface area contributed by atoms with Crippen molar-refractivity contribution in [3.8, 4) is 17.2 Å². The lowest BCUT2D eigenvalue weighted by Gasteiger charge is -2.28. The first-order valence-corrected chi connectivity index (χ1v) is 12.9. The van der Waals surface area contributed by atoms with Crippen molar-refractivity contribution < 1.29 is 32.2 Å². The van der Waals surface area contributed by atoms with Crippen molar-refractivity contribution >= 4 is 15.9 Å². The highest BCUT2D eigenvalue weighted by Gasteiger charge is 2.34. The minimum Gasteiger partial charge on any atom is -0.495 e. The van der Waals surface area contributed by atoms with Crippen LogP contribution in [0.1, 0.15) is 34.8 Å². The molecule has 3 aliphatic rings. The molecule has 0 aromatic heterocycles. The molecule has 0 saturated carbocycles. The van der Waals surface area contributed by atoms with Gasteiger partial charge >= 0.3 is 0 Å². The number of ether oxygens (including phenoxy) is 4. The molecule has 5 rings (SSSR count). The zero-order chi connectivity index (χ0) is 23.7. The van der Waals surface area contributed by atoms with Crippen LogP contribution < -0.4 is 14.2 Å². The SMILES string of the molecule is COc1ccc(C(=O)N2CCCC2c2ccc3c(c2)OCCO3)cc1S(=O)(=O)N1CCOCC1. The number of fused-ring (bicyclic) bond motifs is 1. The lowest BCUT2D eigenvalue weighted by atomic mass is 10.0. The summed E-state index contributed by atoms with van der Waals surface area (Å²) in [7, 11) is -2.41. The Balaban J connectivity index is 1.44. The maximum atomic E-state index is 13.6. The Bertz CT molecular complexity index is 1180. The lowest BCUT2D eigenvalue weighted by Crippen LogP contribution is -2.40. The Kier molecular flexibility index (Phi) is 6.37. The van der Waals surface area contributed by atoms with Crippen LogP contribution in [0.5, 0.6) is 17.2 Å². The van der Waals surface area contributed by atoms with Crippen LogP contribution in [-0.2, 0) is 14.8 Å². The number of nitrogens with zero attached hydrogens (tertiary/aromatic N) is 2. The van der Waals surface area contributed by atoms with Gasteiger partial charge in [-0.2, -0.15) is 4.31 Å². The number of amides is 1. The molecule has 34 heavy (non-hydrogen) atoms. The predicted octanol–water partition coefficient (Wildman–Crippen LogP) is 2.46. The highest BCUT2D eigenvalue weighted by molar-refractivity contribution is 7.89. The molecule has 182 valence electrons. The van der Waals surface area contributed by atoms with Crippen LogP contribution in [0.4, 0.5) is 0 Å². The molecule has 0 radical (unpaired) electrons. The first-order valence-electron chi connectivity index (χ1n) is 11.5. The number of methoxy groups -OCH3 is 1. The summed E-state index contributed by atoms with van der Waals surface area (Å²) in [5, 5.41) is 0. The van der Waals surface area contributed by atoms with Crippen molar-refractivity contribution in [3.63, 3.8) is 0 Å². The largest absolute Gasteiger partial charge is 0.495 e. The van der Waals surface area contributed by atoms with E-state index >= 15 is 0 Å². The molecular weight excluding hydrogens is 460 g/mol. The molecular formula is C24H28N2O7S. The summed E-state index contributed by atoms with van der Waals surface area (Å²) >= 11 is 0. The first-order chi connectivity index (χ1) is 16.5. The Morgan fingerprint density at radius 2 is 1.74 bits per heavy atom. The molecule has 0 bridgehead atoms. The van der Waals surface area contributed by atoms with E-state index < -0.39 is 10.0 Å². The Labute approximate surface area is 199 Å². The van der Waals surface area contributed by atoms with Crippen LogP contribution in [0.3, 0.4) is 0 Å². The molecule has 2 aromatic carbocycles. The number of benzene rings is 2. The topological polar surface area (TPSA) is 94.6 Å². The third-order valence-electron chi connectivity index (χ3n) is 6.46. The molecule has 1 atom stereocenters. The monoisotopic (exact) mass is 488 g/mol. The first kappa shape index (κ1) is 22.9. The van der Waals surface area contributed by atoms with Gasteiger partial charge in [0, 0.05) is 25.2 Å². The van der Waals surface area contributed by atoms with E-state index in [-0.39, 0.29) is 35.7 Å². The van der Waals surface area contributed by atoms with Crippen LogP contribution in [0.15, 0.2) is 41.3 Å². The van der Waals surface area contributed by atoms with Crippen molar-refractivity contribution in [2.24, 2.45) is 0 Å². The zero-order valence-corrected chi connectivity index (χ0v) is 19.9. The minimum absolute atomic E-state index is 0.00201. The zero-order valence-electron chi connectivity index (χ0n) is 19.1. The summed E-state index contributed by atoms with van der Waals surface area (Å²) in [6.07, 6.45) is 1.68. The summed E-state index contributed by atoms with van der Waals surface area (Å²) in [5.41, 5.74) is 1.29. The summed E-state index contributed by atoms with van der Waals surface area (Å²) in [5.74, 6) is 1.40. The number of hydrogen-bond acceptors (Lipinski definition) is 7. The van der Waals surface area contributed by atoms with Crippen LogP contribution >= 0.6 is 0 Å². The molecule has 0 N–H and O–H groups in total. The maximum Gasteiger partial charge on any atom is 0.254 e. The number of likely N-dealkylation sites (tertiary alicyclic amines) is 1. The summed E-state index contributed by atoms with van der Waals surface area (Å²) < 4.78 is 50.0. The van der Waals surface area contributed by atoms with Gasteiger partial charge in [0.2, 0.25) is 10.0 Å². The predicted molar refractivity (Wildman–Crippen MR) is 123 cm³/mol. The van der Waals surface area contributed by atoms with E-state index in [1.165, 1.54) is 17.5 Å². The van der Waals surface area contributed by atoms with Gasteiger partial charge < -0.3 is 23.8 Å².